The van der Waals surface area contributed by atoms with E-state index < -0.39 is 7.14 Å². The van der Waals surface area contributed by atoms with Crippen LogP contribution in [0.25, 0.3) is 27.9 Å². The van der Waals surface area contributed by atoms with Gasteiger partial charge in [0.05, 0.1) is 11.0 Å². The minimum atomic E-state index is -2.31. The van der Waals surface area contributed by atoms with Gasteiger partial charge in [-0.1, -0.05) is 48.6 Å². The summed E-state index contributed by atoms with van der Waals surface area (Å²) < 4.78 is 28.9. The highest BCUT2D eigenvalue weighted by atomic mass is 31.2. The number of phenolic OH excluding ortho intramolecular Hbond substituents is 1. The first-order chi connectivity index (χ1) is 19.7. The van der Waals surface area contributed by atoms with E-state index in [0.717, 1.165) is 69.1 Å². The fourth-order valence-electron chi connectivity index (χ4n) is 5.83. The fraction of sp³-hybridized carbons (Fsp3) is 0.242. The van der Waals surface area contributed by atoms with E-state index in [1.165, 1.54) is 12.1 Å². The van der Waals surface area contributed by atoms with Crippen LogP contribution < -0.4 is 10.6 Å². The summed E-state index contributed by atoms with van der Waals surface area (Å²) in [4.78, 5) is 7.09. The van der Waals surface area contributed by atoms with Gasteiger partial charge in [0.25, 0.3) is 0 Å². The highest BCUT2D eigenvalue weighted by Crippen LogP contribution is 2.46. The van der Waals surface area contributed by atoms with Gasteiger partial charge in [0, 0.05) is 55.4 Å². The number of benzene rings is 4. The minimum Gasteiger partial charge on any atom is -0.507 e. The van der Waals surface area contributed by atoms with Gasteiger partial charge in [-0.25, -0.2) is 9.37 Å². The van der Waals surface area contributed by atoms with Crippen LogP contribution in [-0.2, 0) is 11.6 Å². The quantitative estimate of drug-likeness (QED) is 0.217. The Hall–Kier alpha value is -3.93. The average molecular weight is 569 g/mol. The Balaban J connectivity index is 1.23. The molecular formula is C33H34FN4O2P. The van der Waals surface area contributed by atoms with Crippen molar-refractivity contribution in [3.05, 3.63) is 95.3 Å². The summed E-state index contributed by atoms with van der Waals surface area (Å²) in [6.45, 7) is 6.31. The largest absolute Gasteiger partial charge is 0.507 e. The molecule has 0 bridgehead atoms. The summed E-state index contributed by atoms with van der Waals surface area (Å²) in [6, 6.07) is 20.3. The lowest BCUT2D eigenvalue weighted by Crippen LogP contribution is -2.37. The monoisotopic (exact) mass is 568 g/mol. The number of nitrogens with one attached hydrogen (secondary N) is 1. The van der Waals surface area contributed by atoms with Crippen molar-refractivity contribution in [3.8, 4) is 5.75 Å². The zero-order chi connectivity index (χ0) is 28.7. The molecule has 0 saturated carbocycles. The number of hydrogen-bond acceptors (Lipinski definition) is 5. The third kappa shape index (κ3) is 5.16. The number of aromatic hydroxyl groups is 1. The molecule has 1 aliphatic rings. The second kappa shape index (κ2) is 10.8. The molecule has 0 unspecified atom stereocenters. The molecule has 2 heterocycles. The molecule has 6 nitrogen and oxygen atoms in total. The molecular weight excluding hydrogens is 534 g/mol. The summed E-state index contributed by atoms with van der Waals surface area (Å²) in [7, 11) is -0.397. The smallest absolute Gasteiger partial charge is 0.208 e. The van der Waals surface area contributed by atoms with Gasteiger partial charge in [-0.05, 0) is 66.3 Å². The van der Waals surface area contributed by atoms with Crippen molar-refractivity contribution in [2.45, 2.75) is 13.8 Å². The lowest BCUT2D eigenvalue weighted by atomic mass is 9.97. The van der Waals surface area contributed by atoms with E-state index in [9.17, 15) is 14.1 Å². The molecule has 0 atom stereocenters. The Morgan fingerprint density at radius 3 is 2.54 bits per heavy atom. The van der Waals surface area contributed by atoms with Gasteiger partial charge in [0.1, 0.15) is 18.7 Å². The molecule has 210 valence electrons. The Bertz CT molecular complexity index is 1840. The van der Waals surface area contributed by atoms with E-state index in [-0.39, 0.29) is 11.6 Å². The van der Waals surface area contributed by atoms with Crippen LogP contribution in [0, 0.1) is 19.7 Å². The molecule has 0 amide bonds. The number of hydrogen-bond donors (Lipinski definition) is 2. The molecule has 41 heavy (non-hydrogen) atoms. The molecule has 6 rings (SSSR count). The van der Waals surface area contributed by atoms with Gasteiger partial charge < -0.3 is 19.6 Å². The topological polar surface area (TPSA) is 70.4 Å². The molecule has 1 aliphatic heterocycles. The summed E-state index contributed by atoms with van der Waals surface area (Å²) >= 11 is 0. The van der Waals surface area contributed by atoms with E-state index in [4.69, 9.17) is 4.98 Å². The number of rotatable bonds is 6. The average Bonchev–Trinajstić information content (AvgIpc) is 3.29. The normalized spacial score (nSPS) is 15.7. The highest BCUT2D eigenvalue weighted by molar-refractivity contribution is 7.71. The van der Waals surface area contributed by atoms with Crippen molar-refractivity contribution in [1.82, 2.24) is 14.5 Å². The molecule has 2 N–H and O–H groups in total. The molecule has 1 fully saturated rings. The standard InChI is InChI=1S/C33H34FN4O2P/c1-22-20-25(34)11-13-28(22)35-33-36-29-14-12-27-23(2)24(21-30(39)31(27)32(29)37(33)3)8-7-15-38-16-18-41(40,19-17-38)26-9-5-4-6-10-26/h4-14,20-21,39H,15-19H2,1-3H3,(H,35,36). The first kappa shape index (κ1) is 27.3. The van der Waals surface area contributed by atoms with Crippen LogP contribution in [-0.4, -0.2) is 51.5 Å². The maximum absolute atomic E-state index is 13.6. The number of phenols is 1. The van der Waals surface area contributed by atoms with Crippen molar-refractivity contribution in [2.24, 2.45) is 7.05 Å². The summed E-state index contributed by atoms with van der Waals surface area (Å²) in [5.74, 6) is 0.533. The zero-order valence-electron chi connectivity index (χ0n) is 23.6. The maximum atomic E-state index is 13.6. The van der Waals surface area contributed by atoms with Crippen LogP contribution in [0.15, 0.2) is 72.8 Å². The zero-order valence-corrected chi connectivity index (χ0v) is 24.5. The van der Waals surface area contributed by atoms with Gasteiger partial charge in [-0.2, -0.15) is 0 Å². The number of nitrogens with zero attached hydrogens (tertiary/aromatic N) is 3. The number of imidazole rings is 1. The summed E-state index contributed by atoms with van der Waals surface area (Å²) in [5, 5.41) is 17.2. The molecule has 0 radical (unpaired) electrons. The van der Waals surface area contributed by atoms with Gasteiger partial charge in [0.2, 0.25) is 5.95 Å². The predicted molar refractivity (Wildman–Crippen MR) is 168 cm³/mol. The Kier molecular flexibility index (Phi) is 7.18. The van der Waals surface area contributed by atoms with Crippen molar-refractivity contribution in [1.29, 1.82) is 0 Å². The summed E-state index contributed by atoms with van der Waals surface area (Å²) in [5.41, 5.74) is 5.19. The predicted octanol–water partition coefficient (Wildman–Crippen LogP) is 6.95. The second-order valence-electron chi connectivity index (χ2n) is 10.9. The molecule has 8 heteroatoms. The number of aromatic nitrogens is 2. The van der Waals surface area contributed by atoms with E-state index in [1.54, 1.807) is 6.07 Å². The number of anilines is 2. The second-order valence-corrected chi connectivity index (χ2v) is 14.1. The van der Waals surface area contributed by atoms with Crippen LogP contribution in [0.2, 0.25) is 0 Å². The van der Waals surface area contributed by atoms with E-state index in [2.05, 4.69) is 29.3 Å². The van der Waals surface area contributed by atoms with E-state index in [0.29, 0.717) is 18.3 Å². The summed E-state index contributed by atoms with van der Waals surface area (Å²) in [6.07, 6.45) is 5.61. The van der Waals surface area contributed by atoms with Gasteiger partial charge >= 0.3 is 0 Å². The third-order valence-corrected chi connectivity index (χ3v) is 11.4. The Morgan fingerprint density at radius 2 is 1.80 bits per heavy atom. The third-order valence-electron chi connectivity index (χ3n) is 8.30. The van der Waals surface area contributed by atoms with Crippen LogP contribution in [0.1, 0.15) is 16.7 Å². The molecule has 0 spiro atoms. The molecule has 1 saturated heterocycles. The Labute approximate surface area is 239 Å². The van der Waals surface area contributed by atoms with Crippen molar-refractivity contribution in [2.75, 3.05) is 37.3 Å². The number of aryl methyl sites for hydroxylation is 3. The van der Waals surface area contributed by atoms with Crippen LogP contribution >= 0.6 is 7.14 Å². The SMILES string of the molecule is Cc1cc(F)ccc1Nc1nc2ccc3c(C)c(C=CCN4CCP(=O)(c5ccccc5)CC4)cc(O)c3c2n1C. The lowest BCUT2D eigenvalue weighted by molar-refractivity contribution is 0.328. The van der Waals surface area contributed by atoms with E-state index >= 15 is 0 Å². The minimum absolute atomic E-state index is 0.199. The molecule has 4 aromatic carbocycles. The van der Waals surface area contributed by atoms with Gasteiger partial charge in [-0.15, -0.1) is 0 Å². The number of fused-ring (bicyclic) bond motifs is 3. The molecule has 0 aliphatic carbocycles. The fourth-order valence-corrected chi connectivity index (χ4v) is 8.50. The van der Waals surface area contributed by atoms with Crippen molar-refractivity contribution in [3.63, 3.8) is 0 Å². The number of halogens is 1. The maximum Gasteiger partial charge on any atom is 0.208 e. The van der Waals surface area contributed by atoms with Crippen LogP contribution in [0.5, 0.6) is 5.75 Å². The van der Waals surface area contributed by atoms with Gasteiger partial charge in [0.15, 0.2) is 0 Å². The van der Waals surface area contributed by atoms with Crippen LogP contribution in [0.4, 0.5) is 16.0 Å². The molecule has 1 aromatic heterocycles. The van der Waals surface area contributed by atoms with Crippen molar-refractivity contribution < 1.29 is 14.1 Å². The first-order valence-electron chi connectivity index (χ1n) is 13.9. The lowest BCUT2D eigenvalue weighted by Gasteiger charge is -2.31. The van der Waals surface area contributed by atoms with Crippen molar-refractivity contribution >= 4 is 52.0 Å². The molecule has 5 aromatic rings. The van der Waals surface area contributed by atoms with Gasteiger partial charge in [-0.3, -0.25) is 4.90 Å². The highest BCUT2D eigenvalue weighted by Gasteiger charge is 2.29. The van der Waals surface area contributed by atoms with Crippen LogP contribution in [0.3, 0.4) is 0 Å². The van der Waals surface area contributed by atoms with E-state index in [1.807, 2.05) is 67.1 Å². The first-order valence-corrected chi connectivity index (χ1v) is 16.0. The Morgan fingerprint density at radius 1 is 1.05 bits per heavy atom.